The smallest absolute Gasteiger partial charge is 0.139 e. The molecule has 0 aliphatic carbocycles. The summed E-state index contributed by atoms with van der Waals surface area (Å²) in [5, 5.41) is 4.55. The molecule has 16 heavy (non-hydrogen) atoms. The molecule has 2 aliphatic heterocycles. The maximum atomic E-state index is 6.33. The molecular formula is C11H24N4O. The van der Waals surface area contributed by atoms with E-state index in [-0.39, 0.29) is 12.3 Å². The van der Waals surface area contributed by atoms with Crippen molar-refractivity contribution in [3.8, 4) is 0 Å². The van der Waals surface area contributed by atoms with Gasteiger partial charge in [-0.2, -0.15) is 0 Å². The first-order valence-corrected chi connectivity index (χ1v) is 6.02. The summed E-state index contributed by atoms with van der Waals surface area (Å²) in [5.74, 6) is 0. The first-order chi connectivity index (χ1) is 7.57. The lowest BCUT2D eigenvalue weighted by atomic mass is 9.92. The first-order valence-electron chi connectivity index (χ1n) is 6.02. The molecule has 0 aromatic carbocycles. The van der Waals surface area contributed by atoms with E-state index in [4.69, 9.17) is 10.5 Å². The van der Waals surface area contributed by atoms with Gasteiger partial charge in [0.05, 0.1) is 12.1 Å². The molecule has 4 unspecified atom stereocenters. The second kappa shape index (κ2) is 4.58. The number of likely N-dealkylation sites (N-methyl/N-ethyl adjacent to an activating group) is 2. The van der Waals surface area contributed by atoms with Crippen molar-refractivity contribution in [3.63, 3.8) is 0 Å². The molecule has 94 valence electrons. The minimum Gasteiger partial charge on any atom is -0.363 e. The van der Waals surface area contributed by atoms with Crippen LogP contribution in [0.1, 0.15) is 12.8 Å². The summed E-state index contributed by atoms with van der Waals surface area (Å²) in [6.45, 7) is 1.10. The van der Waals surface area contributed by atoms with Crippen molar-refractivity contribution in [1.82, 2.24) is 14.9 Å². The molecule has 0 saturated carbocycles. The number of nitrogens with zero attached hydrogens (tertiary/aromatic N) is 3. The molecule has 2 rings (SSSR count). The molecule has 0 radical (unpaired) electrons. The van der Waals surface area contributed by atoms with E-state index >= 15 is 0 Å². The third-order valence-electron chi connectivity index (χ3n) is 4.03. The average Bonchev–Trinajstić information content (AvgIpc) is 2.51. The van der Waals surface area contributed by atoms with Gasteiger partial charge in [0, 0.05) is 26.7 Å². The van der Waals surface area contributed by atoms with Crippen LogP contribution in [0.15, 0.2) is 0 Å². The molecule has 2 heterocycles. The van der Waals surface area contributed by atoms with Crippen LogP contribution in [-0.2, 0) is 4.74 Å². The largest absolute Gasteiger partial charge is 0.363 e. The van der Waals surface area contributed by atoms with E-state index in [0.29, 0.717) is 12.1 Å². The van der Waals surface area contributed by atoms with Crippen LogP contribution >= 0.6 is 0 Å². The van der Waals surface area contributed by atoms with Gasteiger partial charge in [-0.25, -0.2) is 10.0 Å². The molecule has 0 spiro atoms. The van der Waals surface area contributed by atoms with E-state index in [1.165, 1.54) is 12.8 Å². The fourth-order valence-corrected chi connectivity index (χ4v) is 3.24. The van der Waals surface area contributed by atoms with Gasteiger partial charge < -0.3 is 15.4 Å². The molecule has 2 fully saturated rings. The highest BCUT2D eigenvalue weighted by molar-refractivity contribution is 5.01. The van der Waals surface area contributed by atoms with Crippen molar-refractivity contribution in [2.45, 2.75) is 37.2 Å². The zero-order valence-corrected chi connectivity index (χ0v) is 10.8. The van der Waals surface area contributed by atoms with Crippen LogP contribution in [0.25, 0.3) is 0 Å². The fourth-order valence-electron chi connectivity index (χ4n) is 3.24. The second-order valence-electron chi connectivity index (χ2n) is 5.10. The maximum absolute atomic E-state index is 6.33. The molecule has 2 saturated heterocycles. The molecular weight excluding hydrogens is 204 g/mol. The van der Waals surface area contributed by atoms with E-state index in [1.54, 1.807) is 7.11 Å². The summed E-state index contributed by atoms with van der Waals surface area (Å²) in [5.41, 5.74) is 6.33. The molecule has 0 aromatic rings. The number of piperidine rings is 1. The monoisotopic (exact) mass is 228 g/mol. The van der Waals surface area contributed by atoms with Gasteiger partial charge in [0.2, 0.25) is 0 Å². The van der Waals surface area contributed by atoms with Gasteiger partial charge in [0.15, 0.2) is 0 Å². The van der Waals surface area contributed by atoms with Gasteiger partial charge in [-0.3, -0.25) is 0 Å². The van der Waals surface area contributed by atoms with Crippen LogP contribution in [0.2, 0.25) is 0 Å². The predicted molar refractivity (Wildman–Crippen MR) is 63.7 cm³/mol. The van der Waals surface area contributed by atoms with Gasteiger partial charge in [0.25, 0.3) is 0 Å². The quantitative estimate of drug-likeness (QED) is 0.693. The number of nitrogens with two attached hydrogens (primary N) is 1. The van der Waals surface area contributed by atoms with Crippen LogP contribution < -0.4 is 5.73 Å². The lowest BCUT2D eigenvalue weighted by molar-refractivity contribution is -0.105. The highest BCUT2D eigenvalue weighted by atomic mass is 16.5. The number of hydrogen-bond acceptors (Lipinski definition) is 5. The lowest BCUT2D eigenvalue weighted by Crippen LogP contribution is -2.57. The maximum Gasteiger partial charge on any atom is 0.139 e. The Bertz CT molecular complexity index is 248. The number of methoxy groups -OCH3 is 1. The van der Waals surface area contributed by atoms with Crippen molar-refractivity contribution < 1.29 is 4.74 Å². The number of hydrazine groups is 1. The Morgan fingerprint density at radius 3 is 2.62 bits per heavy atom. The predicted octanol–water partition coefficient (Wildman–Crippen LogP) is -0.459. The van der Waals surface area contributed by atoms with Gasteiger partial charge in [0.1, 0.15) is 6.23 Å². The molecule has 2 aliphatic rings. The molecule has 0 aromatic heterocycles. The van der Waals surface area contributed by atoms with E-state index in [1.807, 2.05) is 0 Å². The molecule has 2 N–H and O–H groups in total. The normalized spacial score (nSPS) is 41.6. The molecule has 0 bridgehead atoms. The number of ether oxygens (including phenoxy) is 1. The van der Waals surface area contributed by atoms with E-state index < -0.39 is 0 Å². The van der Waals surface area contributed by atoms with Gasteiger partial charge >= 0.3 is 0 Å². The van der Waals surface area contributed by atoms with Gasteiger partial charge in [-0.15, -0.1) is 0 Å². The molecule has 0 amide bonds. The first kappa shape index (κ1) is 12.3. The Kier molecular flexibility index (Phi) is 3.51. The third kappa shape index (κ3) is 1.76. The van der Waals surface area contributed by atoms with Crippen LogP contribution in [0.5, 0.6) is 0 Å². The van der Waals surface area contributed by atoms with Gasteiger partial charge in [-0.1, -0.05) is 0 Å². The molecule has 5 nitrogen and oxygen atoms in total. The minimum atomic E-state index is 0.0190. The summed E-state index contributed by atoms with van der Waals surface area (Å²) in [7, 11) is 8.10. The van der Waals surface area contributed by atoms with Gasteiger partial charge in [-0.05, 0) is 26.9 Å². The van der Waals surface area contributed by atoms with E-state index in [9.17, 15) is 0 Å². The highest BCUT2D eigenvalue weighted by Gasteiger charge is 2.49. The summed E-state index contributed by atoms with van der Waals surface area (Å²) in [4.78, 5) is 2.29. The standard InChI is InChI=1S/C11H24N4O/c1-13(2)8-6-5-7-15-10(8)9(12)11(16-4)14(15)3/h8-11H,5-7,12H2,1-4H3. The van der Waals surface area contributed by atoms with Crippen molar-refractivity contribution in [2.24, 2.45) is 5.73 Å². The van der Waals surface area contributed by atoms with E-state index in [0.717, 1.165) is 6.54 Å². The Morgan fingerprint density at radius 1 is 1.38 bits per heavy atom. The Labute approximate surface area is 98.1 Å². The lowest BCUT2D eigenvalue weighted by Gasteiger charge is -2.42. The minimum absolute atomic E-state index is 0.0190. The van der Waals surface area contributed by atoms with Crippen molar-refractivity contribution in [2.75, 3.05) is 34.8 Å². The zero-order chi connectivity index (χ0) is 11.9. The van der Waals surface area contributed by atoms with Crippen LogP contribution in [0.3, 0.4) is 0 Å². The topological polar surface area (TPSA) is 45.0 Å². The summed E-state index contributed by atoms with van der Waals surface area (Å²) < 4.78 is 5.50. The molecule has 4 atom stereocenters. The SMILES string of the molecule is COC1C(N)C2C(N(C)C)CCCN2N1C. The number of fused-ring (bicyclic) bond motifs is 1. The zero-order valence-electron chi connectivity index (χ0n) is 10.8. The van der Waals surface area contributed by atoms with Crippen LogP contribution in [-0.4, -0.2) is 74.1 Å². The van der Waals surface area contributed by atoms with E-state index in [2.05, 4.69) is 36.1 Å². The van der Waals surface area contributed by atoms with Crippen molar-refractivity contribution >= 4 is 0 Å². The third-order valence-corrected chi connectivity index (χ3v) is 4.03. The Morgan fingerprint density at radius 2 is 2.06 bits per heavy atom. The number of hydrogen-bond donors (Lipinski definition) is 1. The fraction of sp³-hybridized carbons (Fsp3) is 1.00. The second-order valence-corrected chi connectivity index (χ2v) is 5.10. The Balaban J connectivity index is 2.21. The average molecular weight is 228 g/mol. The van der Waals surface area contributed by atoms with Crippen LogP contribution in [0, 0.1) is 0 Å². The van der Waals surface area contributed by atoms with Crippen LogP contribution in [0.4, 0.5) is 0 Å². The highest BCUT2D eigenvalue weighted by Crippen LogP contribution is 2.32. The molecule has 5 heteroatoms. The summed E-state index contributed by atoms with van der Waals surface area (Å²) >= 11 is 0. The van der Waals surface area contributed by atoms with Crippen molar-refractivity contribution in [1.29, 1.82) is 0 Å². The Hall–Kier alpha value is -0.200. The number of rotatable bonds is 2. The summed E-state index contributed by atoms with van der Waals surface area (Å²) in [6.07, 6.45) is 2.48. The summed E-state index contributed by atoms with van der Waals surface area (Å²) in [6, 6.07) is 0.993. The van der Waals surface area contributed by atoms with Crippen molar-refractivity contribution in [3.05, 3.63) is 0 Å².